The standard InChI is InChI=1S/C12H14N2O4/c1-9-7-10(14(15)16)3-4-11(9)17-8-12(2)5-6-18-13-12/h3-7,13H,8H2,1-2H3. The summed E-state index contributed by atoms with van der Waals surface area (Å²) < 4.78 is 5.64. The second kappa shape index (κ2) is 4.66. The topological polar surface area (TPSA) is 73.6 Å². The van der Waals surface area contributed by atoms with Crippen molar-refractivity contribution in [2.45, 2.75) is 19.4 Å². The van der Waals surface area contributed by atoms with Crippen molar-refractivity contribution < 1.29 is 14.5 Å². The summed E-state index contributed by atoms with van der Waals surface area (Å²) in [6.07, 6.45) is 3.42. The molecule has 1 aliphatic rings. The quantitative estimate of drug-likeness (QED) is 0.654. The van der Waals surface area contributed by atoms with Gasteiger partial charge in [-0.05, 0) is 31.6 Å². The van der Waals surface area contributed by atoms with Gasteiger partial charge < -0.3 is 9.57 Å². The van der Waals surface area contributed by atoms with Gasteiger partial charge >= 0.3 is 0 Å². The third-order valence-electron chi connectivity index (χ3n) is 2.69. The second-order valence-corrected chi connectivity index (χ2v) is 4.44. The zero-order valence-electron chi connectivity index (χ0n) is 10.2. The monoisotopic (exact) mass is 250 g/mol. The molecule has 1 N–H and O–H groups in total. The van der Waals surface area contributed by atoms with Gasteiger partial charge in [0.25, 0.3) is 5.69 Å². The molecular formula is C12H14N2O4. The highest BCUT2D eigenvalue weighted by atomic mass is 16.7. The number of aryl methyl sites for hydroxylation is 1. The molecule has 1 aromatic carbocycles. The van der Waals surface area contributed by atoms with Crippen LogP contribution in [0.25, 0.3) is 0 Å². The number of rotatable bonds is 4. The van der Waals surface area contributed by atoms with Crippen molar-refractivity contribution >= 4 is 5.69 Å². The van der Waals surface area contributed by atoms with E-state index in [1.54, 1.807) is 19.3 Å². The van der Waals surface area contributed by atoms with E-state index >= 15 is 0 Å². The fourth-order valence-corrected chi connectivity index (χ4v) is 1.60. The van der Waals surface area contributed by atoms with Gasteiger partial charge in [0, 0.05) is 12.1 Å². The van der Waals surface area contributed by atoms with Gasteiger partial charge in [0.2, 0.25) is 0 Å². The van der Waals surface area contributed by atoms with E-state index in [-0.39, 0.29) is 11.2 Å². The Hall–Kier alpha value is -2.08. The highest BCUT2D eigenvalue weighted by Crippen LogP contribution is 2.24. The van der Waals surface area contributed by atoms with Gasteiger partial charge in [-0.15, -0.1) is 5.48 Å². The van der Waals surface area contributed by atoms with Gasteiger partial charge in [0.1, 0.15) is 24.2 Å². The van der Waals surface area contributed by atoms with Crippen LogP contribution in [0.4, 0.5) is 5.69 Å². The lowest BCUT2D eigenvalue weighted by Crippen LogP contribution is -2.41. The van der Waals surface area contributed by atoms with Crippen molar-refractivity contribution in [2.75, 3.05) is 6.61 Å². The number of benzene rings is 1. The van der Waals surface area contributed by atoms with Crippen LogP contribution in [0.5, 0.6) is 5.75 Å². The number of hydrogen-bond donors (Lipinski definition) is 1. The Labute approximate surface area is 104 Å². The molecule has 0 radical (unpaired) electrons. The predicted octanol–water partition coefficient (Wildman–Crippen LogP) is 2.09. The van der Waals surface area contributed by atoms with Crippen molar-refractivity contribution in [1.29, 1.82) is 0 Å². The molecule has 0 aliphatic carbocycles. The maximum absolute atomic E-state index is 10.6. The number of nitro benzene ring substituents is 1. The van der Waals surface area contributed by atoms with Crippen molar-refractivity contribution in [2.24, 2.45) is 0 Å². The highest BCUT2D eigenvalue weighted by Gasteiger charge is 2.26. The lowest BCUT2D eigenvalue weighted by molar-refractivity contribution is -0.384. The molecule has 0 saturated heterocycles. The molecular weight excluding hydrogens is 236 g/mol. The van der Waals surface area contributed by atoms with Crippen molar-refractivity contribution in [1.82, 2.24) is 5.48 Å². The number of nitrogens with zero attached hydrogens (tertiary/aromatic N) is 1. The number of non-ortho nitro benzene ring substituents is 1. The van der Waals surface area contributed by atoms with Crippen LogP contribution in [0.3, 0.4) is 0 Å². The SMILES string of the molecule is Cc1cc([N+](=O)[O-])ccc1OCC1(C)C=CON1. The summed E-state index contributed by atoms with van der Waals surface area (Å²) >= 11 is 0. The molecule has 1 aliphatic heterocycles. The largest absolute Gasteiger partial charge is 0.491 e. The Balaban J connectivity index is 2.06. The van der Waals surface area contributed by atoms with E-state index in [4.69, 9.17) is 9.57 Å². The molecule has 1 heterocycles. The second-order valence-electron chi connectivity index (χ2n) is 4.44. The predicted molar refractivity (Wildman–Crippen MR) is 65.1 cm³/mol. The Morgan fingerprint density at radius 3 is 2.89 bits per heavy atom. The molecule has 6 nitrogen and oxygen atoms in total. The number of hydrogen-bond acceptors (Lipinski definition) is 5. The van der Waals surface area contributed by atoms with Crippen molar-refractivity contribution in [3.05, 3.63) is 46.2 Å². The molecule has 1 aromatic rings. The lowest BCUT2D eigenvalue weighted by Gasteiger charge is -2.21. The molecule has 18 heavy (non-hydrogen) atoms. The summed E-state index contributed by atoms with van der Waals surface area (Å²) in [6, 6.07) is 4.53. The lowest BCUT2D eigenvalue weighted by atomic mass is 10.1. The normalized spacial score (nSPS) is 21.7. The summed E-state index contributed by atoms with van der Waals surface area (Å²) in [6.45, 7) is 4.08. The molecule has 0 fully saturated rings. The summed E-state index contributed by atoms with van der Waals surface area (Å²) in [5.41, 5.74) is 3.22. The molecule has 0 bridgehead atoms. The van der Waals surface area contributed by atoms with E-state index in [9.17, 15) is 10.1 Å². The van der Waals surface area contributed by atoms with E-state index in [0.717, 1.165) is 5.56 Å². The Morgan fingerprint density at radius 2 is 2.33 bits per heavy atom. The first-order valence-electron chi connectivity index (χ1n) is 5.48. The molecule has 96 valence electrons. The molecule has 6 heteroatoms. The minimum Gasteiger partial charge on any atom is -0.491 e. The summed E-state index contributed by atoms with van der Waals surface area (Å²) in [7, 11) is 0. The van der Waals surface area contributed by atoms with Crippen LogP contribution in [0.1, 0.15) is 12.5 Å². The van der Waals surface area contributed by atoms with E-state index in [1.807, 2.05) is 13.0 Å². The summed E-state index contributed by atoms with van der Waals surface area (Å²) in [5, 5.41) is 10.6. The molecule has 0 aromatic heterocycles. The average Bonchev–Trinajstić information content (AvgIpc) is 2.75. The Morgan fingerprint density at radius 1 is 1.56 bits per heavy atom. The third-order valence-corrected chi connectivity index (χ3v) is 2.69. The van der Waals surface area contributed by atoms with E-state index in [1.165, 1.54) is 12.1 Å². The van der Waals surface area contributed by atoms with Gasteiger partial charge in [0.15, 0.2) is 0 Å². The van der Waals surface area contributed by atoms with Crippen LogP contribution in [0.15, 0.2) is 30.5 Å². The zero-order chi connectivity index (χ0) is 13.2. The van der Waals surface area contributed by atoms with Crippen LogP contribution in [-0.2, 0) is 4.84 Å². The van der Waals surface area contributed by atoms with E-state index in [0.29, 0.717) is 12.4 Å². The summed E-state index contributed by atoms with van der Waals surface area (Å²) in [5.74, 6) is 0.629. The summed E-state index contributed by atoms with van der Waals surface area (Å²) in [4.78, 5) is 15.1. The number of nitrogens with one attached hydrogen (secondary N) is 1. The smallest absolute Gasteiger partial charge is 0.269 e. The van der Waals surface area contributed by atoms with Gasteiger partial charge in [-0.1, -0.05) is 0 Å². The number of nitro groups is 1. The maximum Gasteiger partial charge on any atom is 0.269 e. The molecule has 0 spiro atoms. The van der Waals surface area contributed by atoms with Crippen LogP contribution in [-0.4, -0.2) is 17.1 Å². The fourth-order valence-electron chi connectivity index (χ4n) is 1.60. The minimum absolute atomic E-state index is 0.0632. The highest BCUT2D eigenvalue weighted by molar-refractivity contribution is 5.43. The van der Waals surface area contributed by atoms with Crippen LogP contribution < -0.4 is 10.2 Å². The van der Waals surface area contributed by atoms with Gasteiger partial charge in [-0.2, -0.15) is 0 Å². The average molecular weight is 250 g/mol. The van der Waals surface area contributed by atoms with Crippen molar-refractivity contribution in [3.63, 3.8) is 0 Å². The first-order valence-corrected chi connectivity index (χ1v) is 5.48. The Bertz CT molecular complexity index is 501. The van der Waals surface area contributed by atoms with Crippen LogP contribution in [0, 0.1) is 17.0 Å². The fraction of sp³-hybridized carbons (Fsp3) is 0.333. The molecule has 1 atom stereocenters. The number of ether oxygens (including phenoxy) is 1. The molecule has 2 rings (SSSR count). The zero-order valence-corrected chi connectivity index (χ0v) is 10.2. The minimum atomic E-state index is -0.423. The Kier molecular flexibility index (Phi) is 3.20. The van der Waals surface area contributed by atoms with E-state index in [2.05, 4.69) is 5.48 Å². The van der Waals surface area contributed by atoms with Crippen LogP contribution >= 0.6 is 0 Å². The molecule has 1 unspecified atom stereocenters. The van der Waals surface area contributed by atoms with Crippen LogP contribution in [0.2, 0.25) is 0 Å². The van der Waals surface area contributed by atoms with Crippen molar-refractivity contribution in [3.8, 4) is 5.75 Å². The first kappa shape index (κ1) is 12.4. The first-order chi connectivity index (χ1) is 8.50. The van der Waals surface area contributed by atoms with Gasteiger partial charge in [-0.3, -0.25) is 10.1 Å². The third kappa shape index (κ3) is 2.60. The molecule has 0 amide bonds. The maximum atomic E-state index is 10.6. The molecule has 0 saturated carbocycles. The van der Waals surface area contributed by atoms with E-state index < -0.39 is 4.92 Å². The van der Waals surface area contributed by atoms with Gasteiger partial charge in [-0.25, -0.2) is 0 Å². The van der Waals surface area contributed by atoms with Gasteiger partial charge in [0.05, 0.1) is 4.92 Å². The number of hydroxylamine groups is 1.